The topological polar surface area (TPSA) is 0 Å². The van der Waals surface area contributed by atoms with Crippen molar-refractivity contribution in [3.63, 3.8) is 0 Å². The number of allylic oxidation sites excluding steroid dienone is 4. The Balaban J connectivity index is 2.05. The molecular formula is C14H19Cl2. The van der Waals surface area contributed by atoms with Crippen molar-refractivity contribution in [2.24, 2.45) is 11.8 Å². The van der Waals surface area contributed by atoms with E-state index in [4.69, 9.17) is 23.2 Å². The number of rotatable bonds is 2. The van der Waals surface area contributed by atoms with Crippen LogP contribution in [-0.2, 0) is 0 Å². The van der Waals surface area contributed by atoms with Crippen LogP contribution in [0.5, 0.6) is 0 Å². The second kappa shape index (κ2) is 5.60. The standard InChI is InChI=1S/C14H19Cl2/c1-10(11-6-3-2-4-7-11)14-12(15)8-5-9-13(14)16/h5,8-12H,2-4,6-7H2,1H3. The average molecular weight is 258 g/mol. The molecule has 0 nitrogen and oxygen atoms in total. The van der Waals surface area contributed by atoms with Crippen molar-refractivity contribution in [1.29, 1.82) is 0 Å². The monoisotopic (exact) mass is 257 g/mol. The molecule has 0 aromatic rings. The molecule has 2 aliphatic carbocycles. The Bertz CT molecular complexity index is 287. The first-order valence-corrected chi connectivity index (χ1v) is 7.06. The molecule has 16 heavy (non-hydrogen) atoms. The first-order valence-electron chi connectivity index (χ1n) is 6.25. The number of hydrogen-bond donors (Lipinski definition) is 0. The average Bonchev–Trinajstić information content (AvgIpc) is 2.30. The van der Waals surface area contributed by atoms with Crippen LogP contribution in [0.2, 0.25) is 0 Å². The lowest BCUT2D eigenvalue weighted by Gasteiger charge is -2.35. The van der Waals surface area contributed by atoms with Gasteiger partial charge in [-0.25, -0.2) is 0 Å². The van der Waals surface area contributed by atoms with E-state index in [-0.39, 0.29) is 5.38 Å². The lowest BCUT2D eigenvalue weighted by atomic mass is 9.73. The molecule has 0 amide bonds. The summed E-state index contributed by atoms with van der Waals surface area (Å²) in [5.41, 5.74) is 0. The van der Waals surface area contributed by atoms with Gasteiger partial charge in [0.2, 0.25) is 0 Å². The van der Waals surface area contributed by atoms with E-state index in [0.717, 1.165) is 11.0 Å². The fourth-order valence-corrected chi connectivity index (χ4v) is 3.74. The highest BCUT2D eigenvalue weighted by molar-refractivity contribution is 6.34. The minimum absolute atomic E-state index is 0.00516. The molecule has 2 unspecified atom stereocenters. The second-order valence-electron chi connectivity index (χ2n) is 4.94. The summed E-state index contributed by atoms with van der Waals surface area (Å²) in [6, 6.07) is 0. The van der Waals surface area contributed by atoms with Crippen LogP contribution in [0.4, 0.5) is 0 Å². The summed E-state index contributed by atoms with van der Waals surface area (Å²) in [6.07, 6.45) is 12.8. The summed E-state index contributed by atoms with van der Waals surface area (Å²) in [7, 11) is 0. The predicted molar refractivity (Wildman–Crippen MR) is 71.7 cm³/mol. The van der Waals surface area contributed by atoms with Crippen LogP contribution in [0.25, 0.3) is 0 Å². The van der Waals surface area contributed by atoms with Crippen molar-refractivity contribution < 1.29 is 0 Å². The third kappa shape index (κ3) is 2.65. The second-order valence-corrected chi connectivity index (χ2v) is 5.82. The van der Waals surface area contributed by atoms with Gasteiger partial charge in [0.25, 0.3) is 0 Å². The molecule has 89 valence electrons. The lowest BCUT2D eigenvalue weighted by molar-refractivity contribution is 0.274. The highest BCUT2D eigenvalue weighted by Crippen LogP contribution is 2.43. The van der Waals surface area contributed by atoms with Gasteiger partial charge >= 0.3 is 0 Å². The molecule has 1 fully saturated rings. The quantitative estimate of drug-likeness (QED) is 0.606. The molecule has 0 N–H and O–H groups in total. The van der Waals surface area contributed by atoms with Crippen molar-refractivity contribution in [1.82, 2.24) is 0 Å². The van der Waals surface area contributed by atoms with E-state index in [1.807, 2.05) is 18.2 Å². The maximum Gasteiger partial charge on any atom is 0.0636 e. The largest absolute Gasteiger partial charge is 0.117 e. The van der Waals surface area contributed by atoms with Crippen LogP contribution in [0.3, 0.4) is 0 Å². The van der Waals surface area contributed by atoms with Crippen LogP contribution < -0.4 is 0 Å². The fourth-order valence-electron chi connectivity index (χ4n) is 2.93. The van der Waals surface area contributed by atoms with Crippen molar-refractivity contribution in [3.8, 4) is 0 Å². The zero-order chi connectivity index (χ0) is 11.5. The summed E-state index contributed by atoms with van der Waals surface area (Å²) >= 11 is 12.6. The van der Waals surface area contributed by atoms with Crippen LogP contribution in [0.1, 0.15) is 39.0 Å². The van der Waals surface area contributed by atoms with E-state index < -0.39 is 0 Å². The van der Waals surface area contributed by atoms with E-state index in [1.165, 1.54) is 38.0 Å². The van der Waals surface area contributed by atoms with Crippen molar-refractivity contribution in [3.05, 3.63) is 29.2 Å². The first-order chi connectivity index (χ1) is 7.70. The van der Waals surface area contributed by atoms with Gasteiger partial charge in [0.15, 0.2) is 0 Å². The molecule has 1 radical (unpaired) electrons. The molecule has 0 spiro atoms. The van der Waals surface area contributed by atoms with E-state index >= 15 is 0 Å². The van der Waals surface area contributed by atoms with Crippen LogP contribution in [-0.4, -0.2) is 5.38 Å². The Labute approximate surface area is 109 Å². The molecule has 1 saturated carbocycles. The zero-order valence-corrected chi connectivity index (χ0v) is 11.3. The Kier molecular flexibility index (Phi) is 4.38. The lowest BCUT2D eigenvalue weighted by Crippen LogP contribution is -2.28. The molecule has 0 aliphatic heterocycles. The number of hydrogen-bond acceptors (Lipinski definition) is 0. The molecule has 2 atom stereocenters. The number of halogens is 2. The summed E-state index contributed by atoms with van der Waals surface area (Å²) < 4.78 is 0. The minimum atomic E-state index is -0.00516. The zero-order valence-electron chi connectivity index (χ0n) is 9.76. The Hall–Kier alpha value is 0.0600. The van der Waals surface area contributed by atoms with E-state index in [2.05, 4.69) is 6.92 Å². The maximum atomic E-state index is 6.34. The van der Waals surface area contributed by atoms with Gasteiger partial charge in [-0.2, -0.15) is 0 Å². The molecule has 2 heteroatoms. The molecule has 0 bridgehead atoms. The van der Waals surface area contributed by atoms with E-state index in [0.29, 0.717) is 5.92 Å². The van der Waals surface area contributed by atoms with Gasteiger partial charge in [-0.1, -0.05) is 62.8 Å². The summed E-state index contributed by atoms with van der Waals surface area (Å²) in [5, 5.41) is 0.856. The van der Waals surface area contributed by atoms with Gasteiger partial charge < -0.3 is 0 Å². The Morgan fingerprint density at radius 2 is 1.94 bits per heavy atom. The highest BCUT2D eigenvalue weighted by Gasteiger charge is 2.34. The number of alkyl halides is 1. The van der Waals surface area contributed by atoms with Crippen LogP contribution >= 0.6 is 23.2 Å². The summed E-state index contributed by atoms with van der Waals surface area (Å²) in [5.74, 6) is 2.54. The molecular weight excluding hydrogens is 239 g/mol. The summed E-state index contributed by atoms with van der Waals surface area (Å²) in [6.45, 7) is 2.29. The van der Waals surface area contributed by atoms with E-state index in [1.54, 1.807) is 0 Å². The third-order valence-electron chi connectivity index (χ3n) is 3.94. The van der Waals surface area contributed by atoms with Gasteiger partial charge in [-0.3, -0.25) is 0 Å². The van der Waals surface area contributed by atoms with Crippen LogP contribution in [0, 0.1) is 17.8 Å². The molecule has 0 saturated heterocycles. The molecule has 2 aliphatic rings. The van der Waals surface area contributed by atoms with Gasteiger partial charge in [0.05, 0.1) is 5.38 Å². The highest BCUT2D eigenvalue weighted by atomic mass is 35.5. The van der Waals surface area contributed by atoms with Crippen molar-refractivity contribution >= 4 is 23.2 Å². The molecule has 0 aromatic carbocycles. The first kappa shape index (κ1) is 12.5. The van der Waals surface area contributed by atoms with E-state index in [9.17, 15) is 0 Å². The van der Waals surface area contributed by atoms with Gasteiger partial charge in [-0.15, -0.1) is 11.6 Å². The summed E-state index contributed by atoms with van der Waals surface area (Å²) in [4.78, 5) is 0. The molecule has 0 aromatic heterocycles. The maximum absolute atomic E-state index is 6.34. The fraction of sp³-hybridized carbons (Fsp3) is 0.643. The molecule has 0 heterocycles. The minimum Gasteiger partial charge on any atom is -0.117 e. The smallest absolute Gasteiger partial charge is 0.0636 e. The third-order valence-corrected chi connectivity index (χ3v) is 4.67. The van der Waals surface area contributed by atoms with Gasteiger partial charge in [0, 0.05) is 11.0 Å². The van der Waals surface area contributed by atoms with Crippen molar-refractivity contribution in [2.45, 2.75) is 44.4 Å². The Morgan fingerprint density at radius 3 is 2.56 bits per heavy atom. The normalized spacial score (nSPS) is 30.2. The Morgan fingerprint density at radius 1 is 1.25 bits per heavy atom. The molecule has 2 rings (SSSR count). The van der Waals surface area contributed by atoms with Crippen LogP contribution in [0.15, 0.2) is 23.3 Å². The van der Waals surface area contributed by atoms with Crippen molar-refractivity contribution in [2.75, 3.05) is 0 Å². The van der Waals surface area contributed by atoms with Gasteiger partial charge in [0.1, 0.15) is 0 Å². The van der Waals surface area contributed by atoms with Gasteiger partial charge in [-0.05, 0) is 17.9 Å². The SMILES string of the molecule is CC([C]1C(Cl)=CC=CC1Cl)C1CCCCC1. The predicted octanol–water partition coefficient (Wildman–Crippen LogP) is 5.08.